The van der Waals surface area contributed by atoms with E-state index in [0.29, 0.717) is 19.3 Å². The minimum Gasteiger partial charge on any atom is -0.462 e. The Bertz CT molecular complexity index is 1050. The minimum atomic E-state index is -0.790. The van der Waals surface area contributed by atoms with Gasteiger partial charge in [-0.3, -0.25) is 9.59 Å². The van der Waals surface area contributed by atoms with Gasteiger partial charge >= 0.3 is 5.97 Å². The van der Waals surface area contributed by atoms with Gasteiger partial charge in [-0.05, 0) is 44.9 Å². The number of hydrogen-bond donors (Lipinski definition) is 3. The molecular formula is C55H101NO5. The summed E-state index contributed by atoms with van der Waals surface area (Å²) in [7, 11) is 0. The van der Waals surface area contributed by atoms with Crippen LogP contribution in [0.5, 0.6) is 0 Å². The van der Waals surface area contributed by atoms with Crippen LogP contribution in [-0.4, -0.2) is 46.9 Å². The van der Waals surface area contributed by atoms with E-state index in [2.05, 4.69) is 56.5 Å². The number of unbranched alkanes of at least 4 members (excludes halogenated alkanes) is 30. The number of hydrogen-bond acceptors (Lipinski definition) is 5. The Morgan fingerprint density at radius 2 is 0.885 bits per heavy atom. The molecular weight excluding hydrogens is 755 g/mol. The number of carbonyl (C=O) groups is 2. The Hall–Kier alpha value is -2.18. The lowest BCUT2D eigenvalue weighted by Gasteiger charge is -2.24. The highest BCUT2D eigenvalue weighted by Gasteiger charge is 2.24. The van der Waals surface area contributed by atoms with Crippen molar-refractivity contribution in [3.8, 4) is 0 Å². The lowest BCUT2D eigenvalue weighted by molar-refractivity contribution is -0.151. The number of aliphatic hydroxyl groups is 2. The van der Waals surface area contributed by atoms with Crippen LogP contribution in [0.25, 0.3) is 0 Å². The van der Waals surface area contributed by atoms with Crippen LogP contribution in [-0.2, 0) is 14.3 Å². The molecule has 3 unspecified atom stereocenters. The lowest BCUT2D eigenvalue weighted by atomic mass is 10.0. The molecule has 0 radical (unpaired) electrons. The molecule has 0 aliphatic rings. The number of esters is 1. The van der Waals surface area contributed by atoms with E-state index in [1.165, 1.54) is 148 Å². The quantitative estimate of drug-likeness (QED) is 0.0322. The Kier molecular flexibility index (Phi) is 47.1. The second-order valence-corrected chi connectivity index (χ2v) is 18.0. The van der Waals surface area contributed by atoms with Crippen LogP contribution in [0, 0.1) is 0 Å². The highest BCUT2D eigenvalue weighted by atomic mass is 16.5. The van der Waals surface area contributed by atoms with Crippen molar-refractivity contribution in [2.75, 3.05) is 6.61 Å². The van der Waals surface area contributed by atoms with Gasteiger partial charge in [-0.2, -0.15) is 0 Å². The van der Waals surface area contributed by atoms with Crippen LogP contribution in [0.2, 0.25) is 0 Å². The molecule has 6 nitrogen and oxygen atoms in total. The molecule has 0 saturated heterocycles. The molecule has 0 rings (SSSR count). The van der Waals surface area contributed by atoms with E-state index in [-0.39, 0.29) is 24.9 Å². The van der Waals surface area contributed by atoms with Crippen molar-refractivity contribution in [3.05, 3.63) is 48.6 Å². The number of nitrogens with one attached hydrogen (secondary N) is 1. The first-order valence-corrected chi connectivity index (χ1v) is 26.4. The van der Waals surface area contributed by atoms with Crippen molar-refractivity contribution in [1.29, 1.82) is 0 Å². The minimum absolute atomic E-state index is 0.0699. The number of allylic oxidation sites excluding steroid dienone is 8. The molecule has 0 bridgehead atoms. The van der Waals surface area contributed by atoms with Gasteiger partial charge in [0.25, 0.3) is 0 Å². The van der Waals surface area contributed by atoms with E-state index in [0.717, 1.165) is 70.6 Å². The summed E-state index contributed by atoms with van der Waals surface area (Å²) in [5, 5.41) is 23.8. The Balaban J connectivity index is 4.47. The van der Waals surface area contributed by atoms with Gasteiger partial charge in [-0.25, -0.2) is 0 Å². The molecule has 61 heavy (non-hydrogen) atoms. The standard InChI is InChI=1S/C55H101NO5/c1-4-7-10-13-16-19-22-24-26-27-29-30-32-35-38-41-44-47-53(58)52(50-57)56-54(59)49-51(46-43-40-37-34-21-18-15-12-9-6-3)61-55(60)48-45-42-39-36-33-31-28-25-23-20-17-14-11-8-5-2/h8,11,14,17,20,23,25,28,51-53,57-58H,4-7,9-10,12-13,15-16,18-19,21-22,24,26-27,29-50H2,1-3H3,(H,56,59)/b11-8+,17-14+,23-20+,28-25-. The Morgan fingerprint density at radius 1 is 0.492 bits per heavy atom. The maximum Gasteiger partial charge on any atom is 0.306 e. The average Bonchev–Trinajstić information content (AvgIpc) is 3.25. The maximum atomic E-state index is 13.2. The zero-order valence-corrected chi connectivity index (χ0v) is 40.5. The fourth-order valence-electron chi connectivity index (χ4n) is 8.03. The second kappa shape index (κ2) is 48.8. The number of carbonyl (C=O) groups excluding carboxylic acids is 2. The van der Waals surface area contributed by atoms with Crippen LogP contribution in [0.1, 0.15) is 265 Å². The van der Waals surface area contributed by atoms with Crippen molar-refractivity contribution >= 4 is 11.9 Å². The third kappa shape index (κ3) is 44.2. The van der Waals surface area contributed by atoms with Crippen LogP contribution >= 0.6 is 0 Å². The number of rotatable bonds is 47. The monoisotopic (exact) mass is 856 g/mol. The molecule has 3 atom stereocenters. The molecule has 0 aromatic carbocycles. The fraction of sp³-hybridized carbons (Fsp3) is 0.818. The van der Waals surface area contributed by atoms with Crippen molar-refractivity contribution in [2.45, 2.75) is 283 Å². The zero-order chi connectivity index (χ0) is 44.5. The van der Waals surface area contributed by atoms with Gasteiger partial charge in [0.05, 0.1) is 25.2 Å². The van der Waals surface area contributed by atoms with Gasteiger partial charge in [0.2, 0.25) is 5.91 Å². The third-order valence-electron chi connectivity index (χ3n) is 12.0. The van der Waals surface area contributed by atoms with E-state index in [1.54, 1.807) is 0 Å². The summed E-state index contributed by atoms with van der Waals surface area (Å²) in [5.74, 6) is -0.494. The van der Waals surface area contributed by atoms with Gasteiger partial charge in [-0.15, -0.1) is 0 Å². The highest BCUT2D eigenvalue weighted by molar-refractivity contribution is 5.77. The molecule has 0 fully saturated rings. The first-order chi connectivity index (χ1) is 30.0. The molecule has 3 N–H and O–H groups in total. The van der Waals surface area contributed by atoms with Crippen LogP contribution in [0.4, 0.5) is 0 Å². The molecule has 0 aliphatic heterocycles. The fourth-order valence-corrected chi connectivity index (χ4v) is 8.03. The predicted molar refractivity (Wildman–Crippen MR) is 264 cm³/mol. The second-order valence-electron chi connectivity index (χ2n) is 18.0. The predicted octanol–water partition coefficient (Wildman–Crippen LogP) is 15.8. The van der Waals surface area contributed by atoms with Crippen LogP contribution in [0.15, 0.2) is 48.6 Å². The molecule has 0 aliphatic carbocycles. The van der Waals surface area contributed by atoms with E-state index < -0.39 is 18.2 Å². The van der Waals surface area contributed by atoms with Gasteiger partial charge in [0, 0.05) is 6.42 Å². The molecule has 356 valence electrons. The average molecular weight is 856 g/mol. The Labute approximate surface area is 378 Å². The van der Waals surface area contributed by atoms with Gasteiger partial charge in [0.15, 0.2) is 0 Å². The molecule has 6 heteroatoms. The zero-order valence-electron chi connectivity index (χ0n) is 40.5. The van der Waals surface area contributed by atoms with E-state index >= 15 is 0 Å². The van der Waals surface area contributed by atoms with Crippen LogP contribution < -0.4 is 5.32 Å². The molecule has 0 saturated carbocycles. The van der Waals surface area contributed by atoms with Crippen molar-refractivity contribution in [3.63, 3.8) is 0 Å². The summed E-state index contributed by atoms with van der Waals surface area (Å²) in [5.41, 5.74) is 0. The molecule has 0 aromatic rings. The maximum absolute atomic E-state index is 13.2. The summed E-state index contributed by atoms with van der Waals surface area (Å²) in [6.45, 7) is 6.35. The van der Waals surface area contributed by atoms with E-state index in [4.69, 9.17) is 4.74 Å². The summed E-state index contributed by atoms with van der Waals surface area (Å²) in [4.78, 5) is 26.1. The largest absolute Gasteiger partial charge is 0.462 e. The molecule has 0 aromatic heterocycles. The van der Waals surface area contributed by atoms with Crippen LogP contribution in [0.3, 0.4) is 0 Å². The van der Waals surface area contributed by atoms with E-state index in [1.807, 2.05) is 18.2 Å². The van der Waals surface area contributed by atoms with Gasteiger partial charge in [0.1, 0.15) is 6.10 Å². The lowest BCUT2D eigenvalue weighted by Crippen LogP contribution is -2.46. The van der Waals surface area contributed by atoms with Crippen molar-refractivity contribution < 1.29 is 24.5 Å². The summed E-state index contributed by atoms with van der Waals surface area (Å²) in [6, 6.07) is -0.704. The highest BCUT2D eigenvalue weighted by Crippen LogP contribution is 2.18. The van der Waals surface area contributed by atoms with Gasteiger partial charge < -0.3 is 20.3 Å². The van der Waals surface area contributed by atoms with Crippen molar-refractivity contribution in [2.24, 2.45) is 0 Å². The SMILES string of the molecule is CC/C=C/C=C/C=C/C=C\CCCCCCCC(=O)OC(CCCCCCCCCCCC)CC(=O)NC(CO)C(O)CCCCCCCCCCCCCCCCCCC. The Morgan fingerprint density at radius 3 is 1.34 bits per heavy atom. The first-order valence-electron chi connectivity index (χ1n) is 26.4. The molecule has 0 spiro atoms. The number of aliphatic hydroxyl groups excluding tert-OH is 2. The number of ether oxygens (including phenoxy) is 1. The van der Waals surface area contributed by atoms with Gasteiger partial charge in [-0.1, -0.05) is 256 Å². The first kappa shape index (κ1) is 58.8. The van der Waals surface area contributed by atoms with E-state index in [9.17, 15) is 19.8 Å². The van der Waals surface area contributed by atoms with Crippen molar-refractivity contribution in [1.82, 2.24) is 5.32 Å². The molecule has 1 amide bonds. The normalized spacial score (nSPS) is 13.6. The summed E-state index contributed by atoms with van der Waals surface area (Å²) >= 11 is 0. The summed E-state index contributed by atoms with van der Waals surface area (Å²) < 4.78 is 5.92. The molecule has 0 heterocycles. The smallest absolute Gasteiger partial charge is 0.306 e. The summed E-state index contributed by atoms with van der Waals surface area (Å²) in [6.07, 6.45) is 58.9. The number of amides is 1. The third-order valence-corrected chi connectivity index (χ3v) is 12.0. The topological polar surface area (TPSA) is 95.9 Å².